The largest absolute Gasteiger partial charge is 0.497 e. The van der Waals surface area contributed by atoms with Crippen molar-refractivity contribution in [1.29, 1.82) is 0 Å². The fourth-order valence-electron chi connectivity index (χ4n) is 3.58. The summed E-state index contributed by atoms with van der Waals surface area (Å²) in [6, 6.07) is 13.3. The molecule has 0 saturated carbocycles. The van der Waals surface area contributed by atoms with Crippen LogP contribution in [0.1, 0.15) is 42.9 Å². The molecule has 0 fully saturated rings. The molecule has 0 amide bonds. The van der Waals surface area contributed by atoms with Gasteiger partial charge in [-0.15, -0.1) is 0 Å². The number of nitrogens with one attached hydrogen (secondary N) is 1. The Kier molecular flexibility index (Phi) is 4.98. The van der Waals surface area contributed by atoms with Gasteiger partial charge in [-0.25, -0.2) is 0 Å². The molecular weight excluding hydrogens is 298 g/mol. The van der Waals surface area contributed by atoms with Gasteiger partial charge in [0.15, 0.2) is 0 Å². The van der Waals surface area contributed by atoms with E-state index in [-0.39, 0.29) is 0 Å². The molecule has 1 unspecified atom stereocenters. The van der Waals surface area contributed by atoms with Crippen molar-refractivity contribution < 1.29 is 9.47 Å². The quantitative estimate of drug-likeness (QED) is 0.857. The molecule has 1 aliphatic carbocycles. The molecule has 3 nitrogen and oxygen atoms in total. The Labute approximate surface area is 145 Å². The monoisotopic (exact) mass is 325 g/mol. The van der Waals surface area contributed by atoms with Crippen molar-refractivity contribution in [2.24, 2.45) is 0 Å². The molecule has 128 valence electrons. The molecule has 3 heteroatoms. The van der Waals surface area contributed by atoms with Crippen LogP contribution < -0.4 is 14.8 Å². The maximum Gasteiger partial charge on any atom is 0.120 e. The Morgan fingerprint density at radius 2 is 1.67 bits per heavy atom. The van der Waals surface area contributed by atoms with Gasteiger partial charge in [0, 0.05) is 17.8 Å². The van der Waals surface area contributed by atoms with Gasteiger partial charge in [0.25, 0.3) is 0 Å². The topological polar surface area (TPSA) is 30.5 Å². The number of aryl methyl sites for hydroxylation is 1. The molecule has 2 aromatic carbocycles. The summed E-state index contributed by atoms with van der Waals surface area (Å²) in [4.78, 5) is 0. The highest BCUT2D eigenvalue weighted by Gasteiger charge is 2.23. The number of hydrogen-bond donors (Lipinski definition) is 1. The molecule has 0 radical (unpaired) electrons. The highest BCUT2D eigenvalue weighted by atomic mass is 16.5. The number of anilines is 1. The molecule has 0 spiro atoms. The molecule has 0 saturated heterocycles. The van der Waals surface area contributed by atoms with Gasteiger partial charge in [0.05, 0.1) is 14.2 Å². The lowest BCUT2D eigenvalue weighted by Crippen LogP contribution is -2.17. The van der Waals surface area contributed by atoms with Crippen molar-refractivity contribution in [2.75, 3.05) is 19.5 Å². The molecule has 1 N–H and O–H groups in total. The Morgan fingerprint density at radius 1 is 0.958 bits per heavy atom. The second-order valence-electron chi connectivity index (χ2n) is 6.83. The average Bonchev–Trinajstić information content (AvgIpc) is 2.60. The van der Waals surface area contributed by atoms with Gasteiger partial charge in [-0.1, -0.05) is 12.1 Å². The van der Waals surface area contributed by atoms with Gasteiger partial charge in [-0.2, -0.15) is 0 Å². The van der Waals surface area contributed by atoms with E-state index in [9.17, 15) is 0 Å². The summed E-state index contributed by atoms with van der Waals surface area (Å²) in [6.45, 7) is 4.34. The lowest BCUT2D eigenvalue weighted by molar-refractivity contribution is 0.413. The van der Waals surface area contributed by atoms with Gasteiger partial charge < -0.3 is 14.8 Å². The van der Waals surface area contributed by atoms with Crippen molar-refractivity contribution in [2.45, 2.75) is 45.1 Å². The van der Waals surface area contributed by atoms with Gasteiger partial charge in [-0.3, -0.25) is 0 Å². The van der Waals surface area contributed by atoms with Crippen molar-refractivity contribution >= 4 is 5.69 Å². The fraction of sp³-hybridized carbons (Fsp3) is 0.429. The summed E-state index contributed by atoms with van der Waals surface area (Å²) in [6.07, 6.45) is 3.35. The van der Waals surface area contributed by atoms with Crippen molar-refractivity contribution in [3.05, 3.63) is 53.1 Å². The van der Waals surface area contributed by atoms with E-state index in [4.69, 9.17) is 9.47 Å². The van der Waals surface area contributed by atoms with Crippen LogP contribution in [0, 0.1) is 0 Å². The average molecular weight is 325 g/mol. The summed E-state index contributed by atoms with van der Waals surface area (Å²) < 4.78 is 10.8. The van der Waals surface area contributed by atoms with E-state index in [1.165, 1.54) is 28.8 Å². The van der Waals surface area contributed by atoms with Crippen LogP contribution in [-0.4, -0.2) is 20.3 Å². The van der Waals surface area contributed by atoms with Gasteiger partial charge in [-0.05, 0) is 73.9 Å². The van der Waals surface area contributed by atoms with Crippen LogP contribution in [0.15, 0.2) is 36.4 Å². The minimum atomic E-state index is 0.399. The van der Waals surface area contributed by atoms with E-state index in [1.807, 2.05) is 0 Å². The Morgan fingerprint density at radius 3 is 2.38 bits per heavy atom. The molecule has 0 aromatic heterocycles. The Bertz CT molecular complexity index is 709. The molecule has 24 heavy (non-hydrogen) atoms. The smallest absolute Gasteiger partial charge is 0.120 e. The first-order valence-corrected chi connectivity index (χ1v) is 8.71. The predicted octanol–water partition coefficient (Wildman–Crippen LogP) is 4.80. The summed E-state index contributed by atoms with van der Waals surface area (Å²) in [7, 11) is 3.45. The van der Waals surface area contributed by atoms with E-state index in [0.717, 1.165) is 24.3 Å². The molecule has 3 rings (SSSR count). The Hall–Kier alpha value is -2.16. The first-order chi connectivity index (χ1) is 11.6. The third kappa shape index (κ3) is 3.50. The highest BCUT2D eigenvalue weighted by molar-refractivity contribution is 5.58. The van der Waals surface area contributed by atoms with Crippen LogP contribution in [0.5, 0.6) is 11.5 Å². The number of ether oxygens (including phenoxy) is 2. The number of benzene rings is 2. The van der Waals surface area contributed by atoms with Crippen LogP contribution in [0.4, 0.5) is 5.69 Å². The zero-order chi connectivity index (χ0) is 17.1. The molecule has 0 aliphatic heterocycles. The van der Waals surface area contributed by atoms with E-state index in [1.54, 1.807) is 14.2 Å². The number of hydrogen-bond acceptors (Lipinski definition) is 3. The molecular formula is C21H27NO2. The maximum absolute atomic E-state index is 5.41. The summed E-state index contributed by atoms with van der Waals surface area (Å²) >= 11 is 0. The zero-order valence-corrected chi connectivity index (χ0v) is 15.1. The first-order valence-electron chi connectivity index (χ1n) is 8.71. The van der Waals surface area contributed by atoms with Crippen LogP contribution in [0.2, 0.25) is 0 Å². The zero-order valence-electron chi connectivity index (χ0n) is 15.1. The Balaban J connectivity index is 1.89. The number of fused-ring (bicyclic) bond motifs is 1. The summed E-state index contributed by atoms with van der Waals surface area (Å²) in [5.74, 6) is 2.40. The van der Waals surface area contributed by atoms with Crippen molar-refractivity contribution in [1.82, 2.24) is 0 Å². The molecule has 0 bridgehead atoms. The van der Waals surface area contributed by atoms with Crippen LogP contribution >= 0.6 is 0 Å². The fourth-order valence-corrected chi connectivity index (χ4v) is 3.58. The van der Waals surface area contributed by atoms with Gasteiger partial charge in [0.1, 0.15) is 11.5 Å². The second-order valence-corrected chi connectivity index (χ2v) is 6.83. The lowest BCUT2D eigenvalue weighted by atomic mass is 9.79. The molecule has 2 aromatic rings. The van der Waals surface area contributed by atoms with E-state index in [2.05, 4.69) is 55.6 Å². The van der Waals surface area contributed by atoms with E-state index >= 15 is 0 Å². The van der Waals surface area contributed by atoms with Crippen LogP contribution in [0.25, 0.3) is 0 Å². The SMILES string of the molecule is COc1ccc2c(c1)CCC(c1ccc(OC)cc1NC(C)C)C2. The van der Waals surface area contributed by atoms with Gasteiger partial charge >= 0.3 is 0 Å². The highest BCUT2D eigenvalue weighted by Crippen LogP contribution is 2.38. The van der Waals surface area contributed by atoms with Crippen LogP contribution in [0.3, 0.4) is 0 Å². The second kappa shape index (κ2) is 7.16. The standard InChI is InChI=1S/C21H27NO2/c1-14(2)22-21-13-19(24-4)9-10-20(21)17-6-5-16-12-18(23-3)8-7-15(16)11-17/h7-10,12-14,17,22H,5-6,11H2,1-4H3. The van der Waals surface area contributed by atoms with Crippen LogP contribution in [-0.2, 0) is 12.8 Å². The summed E-state index contributed by atoms with van der Waals surface area (Å²) in [5.41, 5.74) is 5.47. The third-order valence-electron chi connectivity index (χ3n) is 4.79. The molecule has 0 heterocycles. The van der Waals surface area contributed by atoms with Gasteiger partial charge in [0.2, 0.25) is 0 Å². The maximum atomic E-state index is 5.41. The van der Waals surface area contributed by atoms with E-state index in [0.29, 0.717) is 12.0 Å². The summed E-state index contributed by atoms with van der Waals surface area (Å²) in [5, 5.41) is 3.59. The minimum absolute atomic E-state index is 0.399. The van der Waals surface area contributed by atoms with E-state index < -0.39 is 0 Å². The molecule has 1 atom stereocenters. The number of rotatable bonds is 5. The van der Waals surface area contributed by atoms with Crippen molar-refractivity contribution in [3.8, 4) is 11.5 Å². The normalized spacial score (nSPS) is 16.6. The number of methoxy groups -OCH3 is 2. The minimum Gasteiger partial charge on any atom is -0.497 e. The first kappa shape index (κ1) is 16.7. The third-order valence-corrected chi connectivity index (χ3v) is 4.79. The predicted molar refractivity (Wildman–Crippen MR) is 99.5 cm³/mol. The molecule has 1 aliphatic rings. The lowest BCUT2D eigenvalue weighted by Gasteiger charge is -2.28. The van der Waals surface area contributed by atoms with Crippen molar-refractivity contribution in [3.63, 3.8) is 0 Å².